The number of halogens is 3. The Hall–Kier alpha value is -0.960. The quantitative estimate of drug-likeness (QED) is 0.710. The highest BCUT2D eigenvalue weighted by atomic mass is 35.5. The van der Waals surface area contributed by atoms with Gasteiger partial charge < -0.3 is 0 Å². The molecule has 0 aliphatic carbocycles. The summed E-state index contributed by atoms with van der Waals surface area (Å²) in [5, 5.41) is -0.748. The Morgan fingerprint density at radius 3 is 2.00 bits per heavy atom. The lowest BCUT2D eigenvalue weighted by Crippen LogP contribution is -2.01. The van der Waals surface area contributed by atoms with Crippen LogP contribution in [0, 0.1) is 0 Å². The van der Waals surface area contributed by atoms with Crippen LogP contribution in [0.2, 0.25) is 0 Å². The van der Waals surface area contributed by atoms with E-state index in [0.717, 1.165) is 0 Å². The van der Waals surface area contributed by atoms with Gasteiger partial charge in [0, 0.05) is 5.56 Å². The minimum Gasteiger partial charge on any atom is -0.298 e. The average Bonchev–Trinajstić information content (AvgIpc) is 2.16. The lowest BCUT2D eigenvalue weighted by atomic mass is 10.1. The van der Waals surface area contributed by atoms with E-state index in [0.29, 0.717) is 5.56 Å². The Morgan fingerprint density at radius 2 is 1.64 bits per heavy atom. The second-order valence-corrected chi connectivity index (χ2v) is 3.38. The molecule has 1 atom stereocenters. The number of ketones is 1. The molecule has 0 N–H and O–H groups in total. The summed E-state index contributed by atoms with van der Waals surface area (Å²) in [6.45, 7) is 1.36. The van der Waals surface area contributed by atoms with Gasteiger partial charge in [0.1, 0.15) is 5.38 Å². The number of hydrogen-bond donors (Lipinski definition) is 0. The van der Waals surface area contributed by atoms with Crippen molar-refractivity contribution in [2.24, 2.45) is 0 Å². The molecule has 0 heterocycles. The first-order chi connectivity index (χ1) is 6.52. The first-order valence-electron chi connectivity index (χ1n) is 4.05. The summed E-state index contributed by atoms with van der Waals surface area (Å²) in [6.07, 6.45) is -2.49. The maximum absolute atomic E-state index is 12.2. The van der Waals surface area contributed by atoms with Gasteiger partial charge in [0.2, 0.25) is 0 Å². The molecule has 1 aromatic carbocycles. The zero-order chi connectivity index (χ0) is 10.7. The van der Waals surface area contributed by atoms with Gasteiger partial charge in [-0.15, -0.1) is 11.6 Å². The first-order valence-corrected chi connectivity index (χ1v) is 4.48. The fourth-order valence-electron chi connectivity index (χ4n) is 1.05. The molecule has 1 unspecified atom stereocenters. The normalized spacial score (nSPS) is 12.9. The summed E-state index contributed by atoms with van der Waals surface area (Å²) >= 11 is 5.74. The van der Waals surface area contributed by atoms with Crippen molar-refractivity contribution in [2.45, 2.75) is 18.7 Å². The van der Waals surface area contributed by atoms with Crippen LogP contribution in [-0.4, -0.2) is 5.78 Å². The van der Waals surface area contributed by atoms with E-state index in [4.69, 9.17) is 11.6 Å². The van der Waals surface area contributed by atoms with Crippen LogP contribution in [0.25, 0.3) is 0 Å². The molecule has 0 aromatic heterocycles. The molecule has 0 aliphatic rings. The lowest BCUT2D eigenvalue weighted by molar-refractivity contribution is -0.116. The Bertz CT molecular complexity index is 321. The van der Waals surface area contributed by atoms with Gasteiger partial charge in [0.15, 0.2) is 5.78 Å². The number of hydrogen-bond acceptors (Lipinski definition) is 1. The molecule has 0 bridgehead atoms. The molecular weight excluding hydrogens is 210 g/mol. The predicted molar refractivity (Wildman–Crippen MR) is 50.7 cm³/mol. The molecule has 0 spiro atoms. The second-order valence-electron chi connectivity index (χ2n) is 2.94. The van der Waals surface area contributed by atoms with Crippen LogP contribution in [0.1, 0.15) is 29.9 Å². The van der Waals surface area contributed by atoms with Crippen molar-refractivity contribution in [1.82, 2.24) is 0 Å². The molecule has 1 nitrogen and oxygen atoms in total. The molecule has 76 valence electrons. The van der Waals surface area contributed by atoms with Gasteiger partial charge in [0.25, 0.3) is 6.43 Å². The molecule has 14 heavy (non-hydrogen) atoms. The van der Waals surface area contributed by atoms with Crippen molar-refractivity contribution in [3.63, 3.8) is 0 Å². The van der Waals surface area contributed by atoms with Crippen LogP contribution in [0.3, 0.4) is 0 Å². The number of benzene rings is 1. The van der Waals surface area contributed by atoms with Crippen molar-refractivity contribution in [1.29, 1.82) is 0 Å². The van der Waals surface area contributed by atoms with Crippen LogP contribution < -0.4 is 0 Å². The van der Waals surface area contributed by atoms with Gasteiger partial charge in [-0.05, 0) is 12.5 Å². The van der Waals surface area contributed by atoms with E-state index in [-0.39, 0.29) is 11.3 Å². The van der Waals surface area contributed by atoms with E-state index in [2.05, 4.69) is 0 Å². The molecule has 1 rings (SSSR count). The van der Waals surface area contributed by atoms with Crippen LogP contribution >= 0.6 is 11.6 Å². The van der Waals surface area contributed by atoms with E-state index in [1.165, 1.54) is 31.2 Å². The maximum Gasteiger partial charge on any atom is 0.263 e. The predicted octanol–water partition coefficient (Wildman–Crippen LogP) is 3.49. The Morgan fingerprint density at radius 1 is 1.21 bits per heavy atom. The van der Waals surface area contributed by atoms with E-state index >= 15 is 0 Å². The van der Waals surface area contributed by atoms with Crippen molar-refractivity contribution >= 4 is 17.4 Å². The van der Waals surface area contributed by atoms with Crippen molar-refractivity contribution < 1.29 is 13.6 Å². The van der Waals surface area contributed by atoms with Gasteiger partial charge in [-0.2, -0.15) is 0 Å². The molecule has 0 aliphatic heterocycles. The molecule has 0 amide bonds. The smallest absolute Gasteiger partial charge is 0.263 e. The third-order valence-corrected chi connectivity index (χ3v) is 2.40. The zero-order valence-electron chi connectivity index (χ0n) is 7.51. The number of Topliss-reactive ketones (excluding diaryl/α,β-unsaturated/α-hetero) is 1. The first kappa shape index (κ1) is 11.1. The highest BCUT2D eigenvalue weighted by molar-refractivity contribution is 6.30. The summed E-state index contributed by atoms with van der Waals surface area (Å²) in [5.41, 5.74) is 0.477. The van der Waals surface area contributed by atoms with E-state index in [1.54, 1.807) is 0 Å². The number of carbonyl (C=O) groups excluding carboxylic acids is 1. The van der Waals surface area contributed by atoms with Crippen LogP contribution in [0.15, 0.2) is 24.3 Å². The standard InChI is InChI=1S/C10H9ClF2O/c1-6(14)9(11)7-2-4-8(5-3-7)10(12)13/h2-5,9-10H,1H3. The Kier molecular flexibility index (Phi) is 3.58. The van der Waals surface area contributed by atoms with Gasteiger partial charge >= 0.3 is 0 Å². The minimum atomic E-state index is -2.49. The molecule has 0 radical (unpaired) electrons. The number of carbonyl (C=O) groups is 1. The van der Waals surface area contributed by atoms with Crippen molar-refractivity contribution in [2.75, 3.05) is 0 Å². The largest absolute Gasteiger partial charge is 0.298 e. The van der Waals surface area contributed by atoms with E-state index in [9.17, 15) is 13.6 Å². The third kappa shape index (κ3) is 2.51. The van der Waals surface area contributed by atoms with Crippen LogP contribution in [0.4, 0.5) is 8.78 Å². The zero-order valence-corrected chi connectivity index (χ0v) is 8.26. The fraction of sp³-hybridized carbons (Fsp3) is 0.300. The molecule has 0 fully saturated rings. The minimum absolute atomic E-state index is 0.0684. The summed E-state index contributed by atoms with van der Waals surface area (Å²) in [4.78, 5) is 10.9. The molecule has 1 aromatic rings. The summed E-state index contributed by atoms with van der Waals surface area (Å²) in [5.74, 6) is -0.198. The van der Waals surface area contributed by atoms with Crippen molar-refractivity contribution in [3.8, 4) is 0 Å². The van der Waals surface area contributed by atoms with Crippen molar-refractivity contribution in [3.05, 3.63) is 35.4 Å². The Labute approximate surface area is 85.7 Å². The molecule has 0 saturated carbocycles. The topological polar surface area (TPSA) is 17.1 Å². The highest BCUT2D eigenvalue weighted by Gasteiger charge is 2.13. The highest BCUT2D eigenvalue weighted by Crippen LogP contribution is 2.24. The fourth-order valence-corrected chi connectivity index (χ4v) is 1.19. The molecule has 4 heteroatoms. The second kappa shape index (κ2) is 4.51. The van der Waals surface area contributed by atoms with Gasteiger partial charge in [-0.3, -0.25) is 4.79 Å². The lowest BCUT2D eigenvalue weighted by Gasteiger charge is -2.06. The third-order valence-electron chi connectivity index (χ3n) is 1.84. The van der Waals surface area contributed by atoms with E-state index < -0.39 is 11.8 Å². The monoisotopic (exact) mass is 218 g/mol. The number of alkyl halides is 3. The van der Waals surface area contributed by atoms with Gasteiger partial charge in [-0.1, -0.05) is 24.3 Å². The SMILES string of the molecule is CC(=O)C(Cl)c1ccc(C(F)F)cc1. The molecule has 0 saturated heterocycles. The maximum atomic E-state index is 12.2. The summed E-state index contributed by atoms with van der Waals surface area (Å²) < 4.78 is 24.3. The van der Waals surface area contributed by atoms with E-state index in [1.807, 2.05) is 0 Å². The number of rotatable bonds is 3. The summed E-state index contributed by atoms with van der Waals surface area (Å²) in [7, 11) is 0. The van der Waals surface area contributed by atoms with Gasteiger partial charge in [0.05, 0.1) is 0 Å². The van der Waals surface area contributed by atoms with Crippen LogP contribution in [0.5, 0.6) is 0 Å². The van der Waals surface area contributed by atoms with Gasteiger partial charge in [-0.25, -0.2) is 8.78 Å². The Balaban J connectivity index is 2.88. The molecular formula is C10H9ClF2O. The van der Waals surface area contributed by atoms with Crippen LogP contribution in [-0.2, 0) is 4.79 Å². The summed E-state index contributed by atoms with van der Waals surface area (Å²) in [6, 6.07) is 5.44. The average molecular weight is 219 g/mol.